The molecule has 0 atom stereocenters. The molecule has 20 heavy (non-hydrogen) atoms. The summed E-state index contributed by atoms with van der Waals surface area (Å²) in [6.07, 6.45) is 0. The highest BCUT2D eigenvalue weighted by Crippen LogP contribution is 2.14. The summed E-state index contributed by atoms with van der Waals surface area (Å²) in [5, 5.41) is 10.7. The molecule has 1 aromatic rings. The van der Waals surface area contributed by atoms with Gasteiger partial charge in [0, 0.05) is 37.8 Å². The zero-order valence-electron chi connectivity index (χ0n) is 11.1. The molecule has 7 heteroatoms. The van der Waals surface area contributed by atoms with Gasteiger partial charge in [0.2, 0.25) is 5.91 Å². The molecule has 2 rings (SSSR count). The summed E-state index contributed by atoms with van der Waals surface area (Å²) in [7, 11) is 1.72. The highest BCUT2D eigenvalue weighted by atomic mass is 16.6. The lowest BCUT2D eigenvalue weighted by Gasteiger charge is -2.31. The highest BCUT2D eigenvalue weighted by Gasteiger charge is 2.23. The fraction of sp³-hybridized carbons (Fsp3) is 0.385. The number of piperazine rings is 1. The number of nitrogens with zero attached hydrogens (tertiary/aromatic N) is 3. The fourth-order valence-electron chi connectivity index (χ4n) is 2.03. The van der Waals surface area contributed by atoms with Crippen molar-refractivity contribution >= 4 is 17.4 Å². The van der Waals surface area contributed by atoms with Crippen LogP contribution in [0.25, 0.3) is 0 Å². The minimum Gasteiger partial charge on any atom is -0.343 e. The number of nitro benzene ring substituents is 1. The molecule has 0 aromatic heterocycles. The Morgan fingerprint density at radius 3 is 2.80 bits per heavy atom. The average molecular weight is 277 g/mol. The Morgan fingerprint density at radius 1 is 1.40 bits per heavy atom. The summed E-state index contributed by atoms with van der Waals surface area (Å²) < 4.78 is 0. The Bertz CT molecular complexity index is 558. The van der Waals surface area contributed by atoms with E-state index >= 15 is 0 Å². The van der Waals surface area contributed by atoms with E-state index in [0.29, 0.717) is 18.7 Å². The molecule has 1 aromatic carbocycles. The molecule has 0 radical (unpaired) electrons. The molecule has 0 unspecified atom stereocenters. The number of carbonyl (C=O) groups is 2. The minimum atomic E-state index is -0.532. The van der Waals surface area contributed by atoms with Gasteiger partial charge < -0.3 is 4.90 Å². The second-order valence-corrected chi connectivity index (χ2v) is 4.76. The quantitative estimate of drug-likeness (QED) is 0.456. The highest BCUT2D eigenvalue weighted by molar-refractivity contribution is 5.98. The summed E-state index contributed by atoms with van der Waals surface area (Å²) in [5.41, 5.74) is 0.191. The maximum absolute atomic E-state index is 12.1. The molecule has 0 aliphatic carbocycles. The van der Waals surface area contributed by atoms with Gasteiger partial charge in [-0.25, -0.2) is 0 Å². The number of carbonyl (C=O) groups excluding carboxylic acids is 2. The summed E-state index contributed by atoms with van der Waals surface area (Å²) in [4.78, 5) is 37.2. The van der Waals surface area contributed by atoms with Crippen molar-refractivity contribution in [3.63, 3.8) is 0 Å². The second-order valence-electron chi connectivity index (χ2n) is 4.76. The van der Waals surface area contributed by atoms with E-state index in [1.165, 1.54) is 18.2 Å². The first-order valence-electron chi connectivity index (χ1n) is 6.21. The number of hydrogen-bond donors (Lipinski definition) is 0. The number of non-ortho nitro benzene ring substituents is 1. The summed E-state index contributed by atoms with van der Waals surface area (Å²) in [6, 6.07) is 5.64. The van der Waals surface area contributed by atoms with Crippen molar-refractivity contribution < 1.29 is 14.5 Å². The Balaban J connectivity index is 2.03. The van der Waals surface area contributed by atoms with Crippen LogP contribution in [-0.2, 0) is 4.79 Å². The molecular formula is C13H15N3O4. The normalized spacial score (nSPS) is 16.2. The van der Waals surface area contributed by atoms with Gasteiger partial charge >= 0.3 is 0 Å². The van der Waals surface area contributed by atoms with E-state index in [0.717, 1.165) is 0 Å². The number of Topliss-reactive ketones (excluding diaryl/α,β-unsaturated/α-hetero) is 1. The Morgan fingerprint density at radius 2 is 2.15 bits per heavy atom. The first kappa shape index (κ1) is 14.1. The number of hydrogen-bond acceptors (Lipinski definition) is 5. The number of nitro groups is 1. The van der Waals surface area contributed by atoms with Crippen molar-refractivity contribution in [3.8, 4) is 0 Å². The fourth-order valence-corrected chi connectivity index (χ4v) is 2.03. The van der Waals surface area contributed by atoms with Crippen molar-refractivity contribution in [3.05, 3.63) is 39.9 Å². The zero-order chi connectivity index (χ0) is 14.7. The lowest BCUT2D eigenvalue weighted by atomic mass is 10.1. The molecule has 1 aliphatic rings. The van der Waals surface area contributed by atoms with E-state index in [1.807, 2.05) is 0 Å². The summed E-state index contributed by atoms with van der Waals surface area (Å²) in [6.45, 7) is 1.52. The molecule has 7 nitrogen and oxygen atoms in total. The lowest BCUT2D eigenvalue weighted by Crippen LogP contribution is -2.49. The monoisotopic (exact) mass is 277 g/mol. The van der Waals surface area contributed by atoms with Gasteiger partial charge in [0.05, 0.1) is 18.0 Å². The first-order valence-corrected chi connectivity index (χ1v) is 6.21. The Labute approximate surface area is 115 Å². The van der Waals surface area contributed by atoms with Crippen LogP contribution in [0, 0.1) is 10.1 Å². The molecule has 0 N–H and O–H groups in total. The SMILES string of the molecule is CN1CCN(CC(=O)c2cccc([N+](=O)[O-])c2)CC1=O. The third-order valence-electron chi connectivity index (χ3n) is 3.28. The van der Waals surface area contributed by atoms with Crippen LogP contribution < -0.4 is 0 Å². The first-order chi connectivity index (χ1) is 9.47. The molecule has 0 bridgehead atoms. The average Bonchev–Trinajstić information content (AvgIpc) is 2.43. The van der Waals surface area contributed by atoms with Gasteiger partial charge in [0.25, 0.3) is 5.69 Å². The molecule has 1 heterocycles. The largest absolute Gasteiger partial charge is 0.343 e. The van der Waals surface area contributed by atoms with Gasteiger partial charge in [0.15, 0.2) is 5.78 Å². The zero-order valence-corrected chi connectivity index (χ0v) is 11.1. The van der Waals surface area contributed by atoms with Gasteiger partial charge in [-0.2, -0.15) is 0 Å². The molecular weight excluding hydrogens is 262 g/mol. The van der Waals surface area contributed by atoms with Crippen LogP contribution in [0.2, 0.25) is 0 Å². The third kappa shape index (κ3) is 3.18. The molecule has 1 amide bonds. The topological polar surface area (TPSA) is 83.8 Å². The summed E-state index contributed by atoms with van der Waals surface area (Å²) in [5.74, 6) is -0.242. The summed E-state index contributed by atoms with van der Waals surface area (Å²) >= 11 is 0. The van der Waals surface area contributed by atoms with Crippen LogP contribution >= 0.6 is 0 Å². The maximum Gasteiger partial charge on any atom is 0.270 e. The minimum absolute atomic E-state index is 0.0249. The van der Waals surface area contributed by atoms with E-state index in [1.54, 1.807) is 22.9 Å². The second kappa shape index (κ2) is 5.79. The van der Waals surface area contributed by atoms with Crippen molar-refractivity contribution in [1.29, 1.82) is 0 Å². The van der Waals surface area contributed by atoms with Crippen molar-refractivity contribution in [2.24, 2.45) is 0 Å². The van der Waals surface area contributed by atoms with Gasteiger partial charge in [-0.05, 0) is 0 Å². The molecule has 1 aliphatic heterocycles. The number of rotatable bonds is 4. The van der Waals surface area contributed by atoms with Crippen LogP contribution in [0.5, 0.6) is 0 Å². The molecule has 106 valence electrons. The molecule has 0 saturated carbocycles. The van der Waals surface area contributed by atoms with E-state index in [-0.39, 0.29) is 30.5 Å². The van der Waals surface area contributed by atoms with Crippen molar-refractivity contribution in [1.82, 2.24) is 9.80 Å². The predicted molar refractivity (Wildman–Crippen MR) is 71.5 cm³/mol. The Kier molecular flexibility index (Phi) is 4.09. The van der Waals surface area contributed by atoms with Crippen molar-refractivity contribution in [2.45, 2.75) is 0 Å². The van der Waals surface area contributed by atoms with Gasteiger partial charge in [0.1, 0.15) is 0 Å². The standard InChI is InChI=1S/C13H15N3O4/c1-14-5-6-15(9-13(14)18)8-12(17)10-3-2-4-11(7-10)16(19)20/h2-4,7H,5-6,8-9H2,1H3. The molecule has 1 saturated heterocycles. The van der Waals surface area contributed by atoms with Gasteiger partial charge in [-0.15, -0.1) is 0 Å². The predicted octanol–water partition coefficient (Wildman–Crippen LogP) is 0.551. The number of ketones is 1. The van der Waals surface area contributed by atoms with Crippen LogP contribution in [0.15, 0.2) is 24.3 Å². The van der Waals surface area contributed by atoms with E-state index in [2.05, 4.69) is 0 Å². The lowest BCUT2D eigenvalue weighted by molar-refractivity contribution is -0.384. The maximum atomic E-state index is 12.1. The van der Waals surface area contributed by atoms with Crippen LogP contribution in [0.3, 0.4) is 0 Å². The number of benzene rings is 1. The van der Waals surface area contributed by atoms with Crippen LogP contribution in [0.4, 0.5) is 5.69 Å². The number of amides is 1. The smallest absolute Gasteiger partial charge is 0.270 e. The van der Waals surface area contributed by atoms with Gasteiger partial charge in [-0.3, -0.25) is 24.6 Å². The van der Waals surface area contributed by atoms with Crippen LogP contribution in [0.1, 0.15) is 10.4 Å². The van der Waals surface area contributed by atoms with Crippen molar-refractivity contribution in [2.75, 3.05) is 33.2 Å². The molecule has 0 spiro atoms. The van der Waals surface area contributed by atoms with Crippen LogP contribution in [-0.4, -0.2) is 59.6 Å². The van der Waals surface area contributed by atoms with E-state index in [4.69, 9.17) is 0 Å². The van der Waals surface area contributed by atoms with Gasteiger partial charge in [-0.1, -0.05) is 12.1 Å². The Hall–Kier alpha value is -2.28. The third-order valence-corrected chi connectivity index (χ3v) is 3.28. The number of likely N-dealkylation sites (N-methyl/N-ethyl adjacent to an activating group) is 1. The molecule has 1 fully saturated rings. The van der Waals surface area contributed by atoms with E-state index < -0.39 is 4.92 Å². The van der Waals surface area contributed by atoms with E-state index in [9.17, 15) is 19.7 Å².